The Bertz CT molecular complexity index is 297. The number of nitrogens with one attached hydrogen (secondary N) is 1. The first-order valence-corrected chi connectivity index (χ1v) is 9.13. The van der Waals surface area contributed by atoms with Gasteiger partial charge in [-0.3, -0.25) is 0 Å². The van der Waals surface area contributed by atoms with E-state index < -0.39 is 0 Å². The summed E-state index contributed by atoms with van der Waals surface area (Å²) < 4.78 is 5.61. The summed E-state index contributed by atoms with van der Waals surface area (Å²) >= 11 is 0. The summed E-state index contributed by atoms with van der Waals surface area (Å²) in [4.78, 5) is 2.68. The zero-order valence-electron chi connectivity index (χ0n) is 14.5. The lowest BCUT2D eigenvalue weighted by atomic mass is 9.69. The van der Waals surface area contributed by atoms with E-state index in [2.05, 4.69) is 24.1 Å². The molecule has 0 radical (unpaired) electrons. The van der Waals surface area contributed by atoms with E-state index >= 15 is 0 Å². The lowest BCUT2D eigenvalue weighted by molar-refractivity contribution is 0.00212. The molecule has 3 atom stereocenters. The lowest BCUT2D eigenvalue weighted by Gasteiger charge is -2.45. The molecule has 0 aromatic carbocycles. The second-order valence-electron chi connectivity index (χ2n) is 7.61. The maximum absolute atomic E-state index is 5.61. The zero-order valence-corrected chi connectivity index (χ0v) is 14.5. The number of likely N-dealkylation sites (tertiary alicyclic amines) is 1. The molecule has 3 nitrogen and oxygen atoms in total. The molecule has 1 N–H and O–H groups in total. The van der Waals surface area contributed by atoms with Crippen molar-refractivity contribution in [3.63, 3.8) is 0 Å². The van der Waals surface area contributed by atoms with E-state index in [0.717, 1.165) is 19.0 Å². The highest BCUT2D eigenvalue weighted by atomic mass is 16.5. The lowest BCUT2D eigenvalue weighted by Crippen LogP contribution is -2.50. The van der Waals surface area contributed by atoms with Gasteiger partial charge in [0, 0.05) is 26.7 Å². The predicted octanol–water partition coefficient (Wildman–Crippen LogP) is 3.29. The van der Waals surface area contributed by atoms with Crippen LogP contribution in [0.25, 0.3) is 0 Å². The fourth-order valence-corrected chi connectivity index (χ4v) is 4.48. The molecule has 21 heavy (non-hydrogen) atoms. The molecule has 0 spiro atoms. The zero-order chi connectivity index (χ0) is 15.1. The minimum atomic E-state index is 0.459. The molecule has 1 aliphatic carbocycles. The molecule has 3 heteroatoms. The summed E-state index contributed by atoms with van der Waals surface area (Å²) in [7, 11) is 1.87. The van der Waals surface area contributed by atoms with E-state index in [1.165, 1.54) is 64.6 Å². The van der Waals surface area contributed by atoms with Crippen molar-refractivity contribution in [3.8, 4) is 0 Å². The monoisotopic (exact) mass is 296 g/mol. The van der Waals surface area contributed by atoms with Gasteiger partial charge in [0.2, 0.25) is 0 Å². The van der Waals surface area contributed by atoms with Crippen LogP contribution in [-0.4, -0.2) is 50.8 Å². The highest BCUT2D eigenvalue weighted by Crippen LogP contribution is 2.40. The number of methoxy groups -OCH3 is 1. The van der Waals surface area contributed by atoms with E-state index in [4.69, 9.17) is 4.74 Å². The van der Waals surface area contributed by atoms with Crippen molar-refractivity contribution in [1.82, 2.24) is 10.2 Å². The molecule has 1 aliphatic heterocycles. The average Bonchev–Trinajstić information content (AvgIpc) is 2.47. The smallest absolute Gasteiger partial charge is 0.0698 e. The van der Waals surface area contributed by atoms with Gasteiger partial charge in [0.05, 0.1) is 6.10 Å². The number of rotatable bonds is 7. The van der Waals surface area contributed by atoms with E-state index in [1.54, 1.807) is 0 Å². The Labute approximate surface area is 131 Å². The minimum absolute atomic E-state index is 0.459. The van der Waals surface area contributed by atoms with Crippen molar-refractivity contribution in [2.24, 2.45) is 11.3 Å². The Morgan fingerprint density at radius 1 is 1.29 bits per heavy atom. The minimum Gasteiger partial charge on any atom is -0.380 e. The molecule has 3 unspecified atom stereocenters. The molecule has 2 fully saturated rings. The van der Waals surface area contributed by atoms with Gasteiger partial charge >= 0.3 is 0 Å². The summed E-state index contributed by atoms with van der Waals surface area (Å²) in [5.74, 6) is 0.894. The average molecular weight is 296 g/mol. The van der Waals surface area contributed by atoms with Gasteiger partial charge < -0.3 is 15.0 Å². The Balaban J connectivity index is 1.94. The van der Waals surface area contributed by atoms with Gasteiger partial charge in [0.1, 0.15) is 0 Å². The maximum atomic E-state index is 5.61. The molecular weight excluding hydrogens is 260 g/mol. The third-order valence-electron chi connectivity index (χ3n) is 5.47. The van der Waals surface area contributed by atoms with Gasteiger partial charge in [0.15, 0.2) is 0 Å². The van der Waals surface area contributed by atoms with Crippen LogP contribution < -0.4 is 5.32 Å². The summed E-state index contributed by atoms with van der Waals surface area (Å²) in [6.45, 7) is 10.8. The van der Waals surface area contributed by atoms with Crippen LogP contribution in [0.3, 0.4) is 0 Å². The molecule has 2 aliphatic rings. The third-order valence-corrected chi connectivity index (χ3v) is 5.47. The Morgan fingerprint density at radius 3 is 2.86 bits per heavy atom. The predicted molar refractivity (Wildman–Crippen MR) is 89.7 cm³/mol. The topological polar surface area (TPSA) is 24.5 Å². The van der Waals surface area contributed by atoms with Crippen molar-refractivity contribution >= 4 is 0 Å². The highest BCUT2D eigenvalue weighted by Gasteiger charge is 2.37. The standard InChI is InChI=1S/C18H36N2O/c1-4-10-19-14-18(9-5-7-16(2)12-18)15-20-11-6-8-17(13-20)21-3/h16-17,19H,4-15H2,1-3H3. The van der Waals surface area contributed by atoms with Crippen molar-refractivity contribution in [1.29, 1.82) is 0 Å². The van der Waals surface area contributed by atoms with Crippen molar-refractivity contribution in [3.05, 3.63) is 0 Å². The van der Waals surface area contributed by atoms with E-state index in [0.29, 0.717) is 11.5 Å². The van der Waals surface area contributed by atoms with Gasteiger partial charge in [-0.1, -0.05) is 26.7 Å². The summed E-state index contributed by atoms with van der Waals surface area (Å²) in [5, 5.41) is 3.72. The van der Waals surface area contributed by atoms with Crippen LogP contribution in [0.15, 0.2) is 0 Å². The van der Waals surface area contributed by atoms with Crippen LogP contribution in [0.1, 0.15) is 58.8 Å². The number of nitrogens with zero attached hydrogens (tertiary/aromatic N) is 1. The quantitative estimate of drug-likeness (QED) is 0.730. The molecule has 1 heterocycles. The SMILES string of the molecule is CCCNCC1(CN2CCCC(OC)C2)CCCC(C)C1. The second kappa shape index (κ2) is 8.50. The van der Waals surface area contributed by atoms with Crippen LogP contribution in [0.4, 0.5) is 0 Å². The van der Waals surface area contributed by atoms with Gasteiger partial charge in [-0.15, -0.1) is 0 Å². The molecule has 0 aromatic rings. The van der Waals surface area contributed by atoms with E-state index in [9.17, 15) is 0 Å². The number of ether oxygens (including phenoxy) is 1. The number of piperidine rings is 1. The normalized spacial score (nSPS) is 35.0. The van der Waals surface area contributed by atoms with Crippen LogP contribution in [0, 0.1) is 11.3 Å². The van der Waals surface area contributed by atoms with Gasteiger partial charge in [-0.2, -0.15) is 0 Å². The van der Waals surface area contributed by atoms with E-state index in [1.807, 2.05) is 7.11 Å². The van der Waals surface area contributed by atoms with Gasteiger partial charge in [-0.05, 0) is 56.5 Å². The first-order valence-electron chi connectivity index (χ1n) is 9.13. The summed E-state index contributed by atoms with van der Waals surface area (Å²) in [6.07, 6.45) is 9.88. The number of hydrogen-bond donors (Lipinski definition) is 1. The molecule has 2 rings (SSSR count). The van der Waals surface area contributed by atoms with Crippen molar-refractivity contribution in [2.75, 3.05) is 39.8 Å². The van der Waals surface area contributed by atoms with E-state index in [-0.39, 0.29) is 0 Å². The third kappa shape index (κ3) is 5.22. The summed E-state index contributed by atoms with van der Waals surface area (Å²) in [6, 6.07) is 0. The fraction of sp³-hybridized carbons (Fsp3) is 1.00. The van der Waals surface area contributed by atoms with Crippen LogP contribution >= 0.6 is 0 Å². The Kier molecular flexibility index (Phi) is 6.97. The molecule has 0 amide bonds. The fourth-order valence-electron chi connectivity index (χ4n) is 4.48. The highest BCUT2D eigenvalue weighted by molar-refractivity contribution is 4.91. The molecule has 1 saturated heterocycles. The largest absolute Gasteiger partial charge is 0.380 e. The second-order valence-corrected chi connectivity index (χ2v) is 7.61. The van der Waals surface area contributed by atoms with Crippen molar-refractivity contribution in [2.45, 2.75) is 64.9 Å². The van der Waals surface area contributed by atoms with Gasteiger partial charge in [-0.25, -0.2) is 0 Å². The molecule has 1 saturated carbocycles. The molecular formula is C18H36N2O. The Morgan fingerprint density at radius 2 is 2.14 bits per heavy atom. The Hall–Kier alpha value is -0.120. The molecule has 124 valence electrons. The van der Waals surface area contributed by atoms with Crippen LogP contribution in [-0.2, 0) is 4.74 Å². The van der Waals surface area contributed by atoms with Crippen LogP contribution in [0.2, 0.25) is 0 Å². The van der Waals surface area contributed by atoms with Gasteiger partial charge in [0.25, 0.3) is 0 Å². The first-order chi connectivity index (χ1) is 10.2. The summed E-state index contributed by atoms with van der Waals surface area (Å²) in [5.41, 5.74) is 0.502. The number of hydrogen-bond acceptors (Lipinski definition) is 3. The van der Waals surface area contributed by atoms with Crippen LogP contribution in [0.5, 0.6) is 0 Å². The maximum Gasteiger partial charge on any atom is 0.0698 e. The first kappa shape index (κ1) is 17.2. The van der Waals surface area contributed by atoms with Crippen molar-refractivity contribution < 1.29 is 4.74 Å². The molecule has 0 aromatic heterocycles. The molecule has 0 bridgehead atoms.